The van der Waals surface area contributed by atoms with Gasteiger partial charge in [-0.15, -0.1) is 0 Å². The molecule has 0 saturated carbocycles. The maximum Gasteiger partial charge on any atom is 0.261 e. The van der Waals surface area contributed by atoms with Crippen LogP contribution in [0.4, 0.5) is 11.4 Å². The van der Waals surface area contributed by atoms with Crippen LogP contribution in [-0.4, -0.2) is 11.7 Å². The molecule has 0 aliphatic heterocycles. The van der Waals surface area contributed by atoms with Crippen LogP contribution in [0.5, 0.6) is 0 Å². The summed E-state index contributed by atoms with van der Waals surface area (Å²) in [6.07, 6.45) is 1.45. The van der Waals surface area contributed by atoms with Gasteiger partial charge in [-0.05, 0) is 31.2 Å². The Labute approximate surface area is 158 Å². The highest BCUT2D eigenvalue weighted by molar-refractivity contribution is 6.28. The first-order valence-electron chi connectivity index (χ1n) is 8.63. The summed E-state index contributed by atoms with van der Waals surface area (Å²) < 4.78 is 0. The van der Waals surface area contributed by atoms with Gasteiger partial charge in [0.25, 0.3) is 5.91 Å². The van der Waals surface area contributed by atoms with Crippen molar-refractivity contribution in [2.75, 3.05) is 10.6 Å². The summed E-state index contributed by atoms with van der Waals surface area (Å²) in [5, 5.41) is 5.82. The molecule has 1 amide bonds. The van der Waals surface area contributed by atoms with Crippen molar-refractivity contribution >= 4 is 23.1 Å². The number of para-hydroxylation sites is 1. The molecule has 0 saturated heterocycles. The van der Waals surface area contributed by atoms with Gasteiger partial charge < -0.3 is 10.6 Å². The van der Waals surface area contributed by atoms with Gasteiger partial charge in [0.2, 0.25) is 0 Å². The van der Waals surface area contributed by atoms with Crippen molar-refractivity contribution in [2.45, 2.75) is 6.92 Å². The molecule has 0 unspecified atom stereocenters. The normalized spacial score (nSPS) is 10.9. The molecule has 3 aromatic rings. The highest BCUT2D eigenvalue weighted by atomic mass is 16.2. The fraction of sp³-hybridized carbons (Fsp3) is 0.0435. The Kier molecular flexibility index (Phi) is 5.80. The summed E-state index contributed by atoms with van der Waals surface area (Å²) >= 11 is 0. The lowest BCUT2D eigenvalue weighted by molar-refractivity contribution is -0.112. The van der Waals surface area contributed by atoms with Crippen LogP contribution in [-0.2, 0) is 4.79 Å². The van der Waals surface area contributed by atoms with Gasteiger partial charge >= 0.3 is 0 Å². The number of amides is 1. The molecule has 0 fully saturated rings. The standard InChI is InChI=1S/C23H20N2O2/c1-17-12-14-20(15-13-17)25-23(27)21(16-24-19-10-6-3-7-11-19)22(26)18-8-4-2-5-9-18/h2-16,24H,1H3,(H,25,27)/b21-16-. The smallest absolute Gasteiger partial charge is 0.261 e. The minimum absolute atomic E-state index is 0.0330. The number of hydrogen-bond acceptors (Lipinski definition) is 3. The second-order valence-corrected chi connectivity index (χ2v) is 6.08. The molecule has 3 aromatic carbocycles. The highest BCUT2D eigenvalue weighted by Gasteiger charge is 2.20. The third-order valence-electron chi connectivity index (χ3n) is 3.99. The lowest BCUT2D eigenvalue weighted by Gasteiger charge is -2.10. The largest absolute Gasteiger partial charge is 0.361 e. The van der Waals surface area contributed by atoms with Gasteiger partial charge in [0.15, 0.2) is 5.78 Å². The van der Waals surface area contributed by atoms with E-state index in [1.807, 2.05) is 67.6 Å². The molecule has 4 nitrogen and oxygen atoms in total. The molecule has 134 valence electrons. The molecule has 2 N–H and O–H groups in total. The minimum Gasteiger partial charge on any atom is -0.361 e. The number of carbonyl (C=O) groups is 2. The molecule has 0 bridgehead atoms. The Hall–Kier alpha value is -3.66. The van der Waals surface area contributed by atoms with E-state index in [1.54, 1.807) is 24.3 Å². The van der Waals surface area contributed by atoms with Crippen LogP contribution in [0.25, 0.3) is 0 Å². The number of benzene rings is 3. The zero-order valence-electron chi connectivity index (χ0n) is 15.0. The quantitative estimate of drug-likeness (QED) is 0.288. The van der Waals surface area contributed by atoms with Crippen LogP contribution in [0.1, 0.15) is 15.9 Å². The Bertz CT molecular complexity index is 947. The lowest BCUT2D eigenvalue weighted by atomic mass is 10.0. The van der Waals surface area contributed by atoms with E-state index in [1.165, 1.54) is 6.20 Å². The number of nitrogens with one attached hydrogen (secondary N) is 2. The summed E-state index contributed by atoms with van der Waals surface area (Å²) in [6.45, 7) is 1.97. The maximum atomic E-state index is 12.9. The lowest BCUT2D eigenvalue weighted by Crippen LogP contribution is -2.21. The van der Waals surface area contributed by atoms with Crippen molar-refractivity contribution in [3.8, 4) is 0 Å². The second kappa shape index (κ2) is 8.63. The molecule has 0 atom stereocenters. The van der Waals surface area contributed by atoms with Gasteiger partial charge in [-0.3, -0.25) is 9.59 Å². The number of ketones is 1. The van der Waals surface area contributed by atoms with Gasteiger partial charge in [-0.2, -0.15) is 0 Å². The molecule has 0 heterocycles. The minimum atomic E-state index is -0.462. The molecule has 0 radical (unpaired) electrons. The van der Waals surface area contributed by atoms with E-state index in [0.717, 1.165) is 11.3 Å². The summed E-state index contributed by atoms with van der Waals surface area (Å²) in [7, 11) is 0. The Morgan fingerprint density at radius 2 is 1.33 bits per heavy atom. The average molecular weight is 356 g/mol. The van der Waals surface area contributed by atoms with Crippen LogP contribution >= 0.6 is 0 Å². The number of hydrogen-bond donors (Lipinski definition) is 2. The third-order valence-corrected chi connectivity index (χ3v) is 3.99. The molecule has 0 spiro atoms. The Balaban J connectivity index is 1.87. The fourth-order valence-electron chi connectivity index (χ4n) is 2.50. The molecule has 0 aliphatic rings. The molecular weight excluding hydrogens is 336 g/mol. The van der Waals surface area contributed by atoms with E-state index >= 15 is 0 Å². The molecule has 4 heteroatoms. The molecular formula is C23H20N2O2. The maximum absolute atomic E-state index is 12.9. The van der Waals surface area contributed by atoms with E-state index in [9.17, 15) is 9.59 Å². The Morgan fingerprint density at radius 3 is 1.96 bits per heavy atom. The van der Waals surface area contributed by atoms with Crippen LogP contribution in [0.3, 0.4) is 0 Å². The highest BCUT2D eigenvalue weighted by Crippen LogP contribution is 2.15. The van der Waals surface area contributed by atoms with Crippen LogP contribution in [0, 0.1) is 6.92 Å². The van der Waals surface area contributed by atoms with Crippen molar-refractivity contribution in [1.29, 1.82) is 0 Å². The zero-order chi connectivity index (χ0) is 19.1. The van der Waals surface area contributed by atoms with Crippen molar-refractivity contribution < 1.29 is 9.59 Å². The first kappa shape index (κ1) is 18.1. The average Bonchev–Trinajstić information content (AvgIpc) is 2.71. The first-order valence-corrected chi connectivity index (χ1v) is 8.63. The summed E-state index contributed by atoms with van der Waals surface area (Å²) in [5.41, 5.74) is 3.01. The zero-order valence-corrected chi connectivity index (χ0v) is 15.0. The van der Waals surface area contributed by atoms with Gasteiger partial charge in [0, 0.05) is 23.1 Å². The van der Waals surface area contributed by atoms with Gasteiger partial charge in [-0.1, -0.05) is 66.2 Å². The van der Waals surface area contributed by atoms with E-state index in [2.05, 4.69) is 10.6 Å². The van der Waals surface area contributed by atoms with E-state index in [0.29, 0.717) is 11.3 Å². The predicted molar refractivity (Wildman–Crippen MR) is 109 cm³/mol. The van der Waals surface area contributed by atoms with Crippen molar-refractivity contribution in [3.05, 3.63) is 108 Å². The summed E-state index contributed by atoms with van der Waals surface area (Å²) in [6, 6.07) is 25.5. The number of anilines is 2. The molecule has 3 rings (SSSR count). The Morgan fingerprint density at radius 1 is 0.741 bits per heavy atom. The number of aryl methyl sites for hydroxylation is 1. The number of Topliss-reactive ketones (excluding diaryl/α,β-unsaturated/α-hetero) is 1. The van der Waals surface area contributed by atoms with E-state index < -0.39 is 5.91 Å². The monoisotopic (exact) mass is 356 g/mol. The van der Waals surface area contributed by atoms with E-state index in [-0.39, 0.29) is 11.4 Å². The summed E-state index contributed by atoms with van der Waals surface area (Å²) in [5.74, 6) is -0.806. The van der Waals surface area contributed by atoms with E-state index in [4.69, 9.17) is 0 Å². The molecule has 0 aromatic heterocycles. The van der Waals surface area contributed by atoms with Gasteiger partial charge in [0.05, 0.1) is 0 Å². The topological polar surface area (TPSA) is 58.2 Å². The predicted octanol–water partition coefficient (Wildman–Crippen LogP) is 4.81. The molecule has 27 heavy (non-hydrogen) atoms. The first-order chi connectivity index (χ1) is 13.1. The van der Waals surface area contributed by atoms with Gasteiger partial charge in [0.1, 0.15) is 5.57 Å². The SMILES string of the molecule is Cc1ccc(NC(=O)/C(=C\Nc2ccccc2)C(=O)c2ccccc2)cc1. The van der Waals surface area contributed by atoms with Crippen LogP contribution in [0.15, 0.2) is 96.7 Å². The number of carbonyl (C=O) groups excluding carboxylic acids is 2. The van der Waals surface area contributed by atoms with Crippen LogP contribution in [0.2, 0.25) is 0 Å². The van der Waals surface area contributed by atoms with Crippen molar-refractivity contribution in [3.63, 3.8) is 0 Å². The second-order valence-electron chi connectivity index (χ2n) is 6.08. The third kappa shape index (κ3) is 4.92. The van der Waals surface area contributed by atoms with Gasteiger partial charge in [-0.25, -0.2) is 0 Å². The van der Waals surface area contributed by atoms with Crippen LogP contribution < -0.4 is 10.6 Å². The number of rotatable bonds is 6. The van der Waals surface area contributed by atoms with Crippen molar-refractivity contribution in [2.24, 2.45) is 0 Å². The molecule has 0 aliphatic carbocycles. The van der Waals surface area contributed by atoms with Crippen molar-refractivity contribution in [1.82, 2.24) is 0 Å². The summed E-state index contributed by atoms with van der Waals surface area (Å²) in [4.78, 5) is 25.7. The fourth-order valence-corrected chi connectivity index (χ4v) is 2.50.